The summed E-state index contributed by atoms with van der Waals surface area (Å²) in [4.78, 5) is 11.6. The Balaban J connectivity index is 0.00000180. The van der Waals surface area contributed by atoms with Crippen LogP contribution in [-0.4, -0.2) is 31.6 Å². The highest BCUT2D eigenvalue weighted by Crippen LogP contribution is 2.14. The van der Waals surface area contributed by atoms with E-state index in [1.807, 2.05) is 0 Å². The molecule has 1 amide bonds. The van der Waals surface area contributed by atoms with E-state index in [0.717, 1.165) is 25.9 Å². The van der Waals surface area contributed by atoms with Crippen molar-refractivity contribution in [1.82, 2.24) is 10.6 Å². The molecule has 1 saturated heterocycles. The van der Waals surface area contributed by atoms with Crippen LogP contribution in [0.3, 0.4) is 0 Å². The summed E-state index contributed by atoms with van der Waals surface area (Å²) in [7, 11) is 0. The lowest BCUT2D eigenvalue weighted by molar-refractivity contribution is -0.123. The zero-order valence-corrected chi connectivity index (χ0v) is 11.3. The molecule has 2 rings (SSSR count). The third-order valence-electron chi connectivity index (χ3n) is 2.86. The van der Waals surface area contributed by atoms with Crippen LogP contribution < -0.4 is 15.4 Å². The van der Waals surface area contributed by atoms with Crippen LogP contribution in [0.25, 0.3) is 0 Å². The SMILES string of the molecule is Cl.O=C(COc1ccccc1F)N[C@H]1CCCNC1. The maximum atomic E-state index is 13.2. The number of rotatable bonds is 4. The van der Waals surface area contributed by atoms with Gasteiger partial charge in [-0.25, -0.2) is 4.39 Å². The van der Waals surface area contributed by atoms with Crippen LogP contribution in [0.4, 0.5) is 4.39 Å². The molecule has 2 N–H and O–H groups in total. The monoisotopic (exact) mass is 288 g/mol. The van der Waals surface area contributed by atoms with Gasteiger partial charge in [-0.3, -0.25) is 4.79 Å². The maximum Gasteiger partial charge on any atom is 0.258 e. The number of nitrogens with one attached hydrogen (secondary N) is 2. The number of piperidine rings is 1. The Morgan fingerprint density at radius 2 is 2.26 bits per heavy atom. The number of benzene rings is 1. The van der Waals surface area contributed by atoms with Crippen LogP contribution >= 0.6 is 12.4 Å². The zero-order chi connectivity index (χ0) is 12.8. The van der Waals surface area contributed by atoms with Crippen molar-refractivity contribution in [1.29, 1.82) is 0 Å². The number of carbonyl (C=O) groups excluding carboxylic acids is 1. The van der Waals surface area contributed by atoms with Crippen molar-refractivity contribution in [2.45, 2.75) is 18.9 Å². The summed E-state index contributed by atoms with van der Waals surface area (Å²) in [5.41, 5.74) is 0. The number of carbonyl (C=O) groups is 1. The Labute approximate surface area is 118 Å². The van der Waals surface area contributed by atoms with Gasteiger partial charge in [0.1, 0.15) is 0 Å². The van der Waals surface area contributed by atoms with Crippen molar-refractivity contribution in [2.75, 3.05) is 19.7 Å². The quantitative estimate of drug-likeness (QED) is 0.883. The fourth-order valence-corrected chi connectivity index (χ4v) is 1.95. The minimum absolute atomic E-state index is 0. The Morgan fingerprint density at radius 3 is 2.95 bits per heavy atom. The molecule has 1 aromatic rings. The Bertz CT molecular complexity index is 411. The zero-order valence-electron chi connectivity index (χ0n) is 10.5. The van der Waals surface area contributed by atoms with E-state index >= 15 is 0 Å². The van der Waals surface area contributed by atoms with Gasteiger partial charge < -0.3 is 15.4 Å². The molecule has 0 radical (unpaired) electrons. The number of hydrogen-bond acceptors (Lipinski definition) is 3. The summed E-state index contributed by atoms with van der Waals surface area (Å²) in [6.07, 6.45) is 2.03. The highest BCUT2D eigenvalue weighted by atomic mass is 35.5. The third kappa shape index (κ3) is 5.04. The van der Waals surface area contributed by atoms with Crippen LogP contribution in [0.2, 0.25) is 0 Å². The average molecular weight is 289 g/mol. The molecule has 106 valence electrons. The molecule has 0 aliphatic carbocycles. The second kappa shape index (κ2) is 7.96. The molecular formula is C13H18ClFN2O2. The van der Waals surface area contributed by atoms with Crippen molar-refractivity contribution in [3.63, 3.8) is 0 Å². The maximum absolute atomic E-state index is 13.2. The highest BCUT2D eigenvalue weighted by molar-refractivity contribution is 5.85. The molecule has 0 bridgehead atoms. The van der Waals surface area contributed by atoms with Crippen molar-refractivity contribution >= 4 is 18.3 Å². The summed E-state index contributed by atoms with van der Waals surface area (Å²) in [5.74, 6) is -0.564. The minimum Gasteiger partial charge on any atom is -0.481 e. The molecule has 0 aromatic heterocycles. The van der Waals surface area contributed by atoms with Gasteiger partial charge >= 0.3 is 0 Å². The lowest BCUT2D eigenvalue weighted by atomic mass is 10.1. The van der Waals surface area contributed by atoms with Crippen LogP contribution in [0, 0.1) is 5.82 Å². The molecule has 4 nitrogen and oxygen atoms in total. The van der Waals surface area contributed by atoms with E-state index in [1.165, 1.54) is 12.1 Å². The lowest BCUT2D eigenvalue weighted by Gasteiger charge is -2.23. The van der Waals surface area contributed by atoms with Crippen LogP contribution in [0.1, 0.15) is 12.8 Å². The predicted octanol–water partition coefficient (Wildman–Crippen LogP) is 1.49. The van der Waals surface area contributed by atoms with Gasteiger partial charge in [0, 0.05) is 12.6 Å². The molecule has 0 spiro atoms. The summed E-state index contributed by atoms with van der Waals surface area (Å²) in [6, 6.07) is 6.20. The topological polar surface area (TPSA) is 50.4 Å². The number of amides is 1. The fourth-order valence-electron chi connectivity index (χ4n) is 1.95. The Kier molecular flexibility index (Phi) is 6.59. The van der Waals surface area contributed by atoms with Crippen molar-refractivity contribution in [2.24, 2.45) is 0 Å². The summed E-state index contributed by atoms with van der Waals surface area (Å²) < 4.78 is 18.4. The number of ether oxygens (including phenoxy) is 1. The first-order valence-electron chi connectivity index (χ1n) is 6.13. The van der Waals surface area contributed by atoms with Crippen molar-refractivity contribution in [3.05, 3.63) is 30.1 Å². The van der Waals surface area contributed by atoms with E-state index in [1.54, 1.807) is 12.1 Å². The predicted molar refractivity (Wildman–Crippen MR) is 73.2 cm³/mol. The molecular weight excluding hydrogens is 271 g/mol. The van der Waals surface area contributed by atoms with E-state index in [-0.39, 0.29) is 36.7 Å². The van der Waals surface area contributed by atoms with Gasteiger partial charge in [-0.2, -0.15) is 0 Å². The van der Waals surface area contributed by atoms with E-state index in [9.17, 15) is 9.18 Å². The second-order valence-electron chi connectivity index (χ2n) is 4.33. The molecule has 1 aliphatic rings. The van der Waals surface area contributed by atoms with E-state index < -0.39 is 5.82 Å². The minimum atomic E-state index is -0.454. The second-order valence-corrected chi connectivity index (χ2v) is 4.33. The van der Waals surface area contributed by atoms with Crippen LogP contribution in [0.15, 0.2) is 24.3 Å². The molecule has 1 atom stereocenters. The Hall–Kier alpha value is -1.33. The van der Waals surface area contributed by atoms with Crippen molar-refractivity contribution < 1.29 is 13.9 Å². The Morgan fingerprint density at radius 1 is 1.47 bits per heavy atom. The van der Waals surface area contributed by atoms with Gasteiger partial charge in [0.25, 0.3) is 5.91 Å². The lowest BCUT2D eigenvalue weighted by Crippen LogP contribution is -2.47. The van der Waals surface area contributed by atoms with Crippen LogP contribution in [-0.2, 0) is 4.79 Å². The third-order valence-corrected chi connectivity index (χ3v) is 2.86. The van der Waals surface area contributed by atoms with Crippen LogP contribution in [0.5, 0.6) is 5.75 Å². The molecule has 1 aromatic carbocycles. The molecule has 1 heterocycles. The largest absolute Gasteiger partial charge is 0.481 e. The average Bonchev–Trinajstić information content (AvgIpc) is 2.39. The van der Waals surface area contributed by atoms with E-state index in [0.29, 0.717) is 0 Å². The summed E-state index contributed by atoms with van der Waals surface area (Å²) >= 11 is 0. The van der Waals surface area contributed by atoms with Gasteiger partial charge in [-0.1, -0.05) is 12.1 Å². The normalized spacial score (nSPS) is 18.3. The standard InChI is InChI=1S/C13H17FN2O2.ClH/c14-11-5-1-2-6-12(11)18-9-13(17)16-10-4-3-7-15-8-10;/h1-2,5-6,10,15H,3-4,7-9H2,(H,16,17);1H/t10-;/m0./s1. The van der Waals surface area contributed by atoms with E-state index in [2.05, 4.69) is 10.6 Å². The molecule has 1 fully saturated rings. The molecule has 1 aliphatic heterocycles. The molecule has 0 saturated carbocycles. The van der Waals surface area contributed by atoms with Gasteiger partial charge in [0.2, 0.25) is 0 Å². The highest BCUT2D eigenvalue weighted by Gasteiger charge is 2.15. The molecule has 6 heteroatoms. The molecule has 0 unspecified atom stereocenters. The first-order valence-corrected chi connectivity index (χ1v) is 6.13. The number of para-hydroxylation sites is 1. The smallest absolute Gasteiger partial charge is 0.258 e. The fraction of sp³-hybridized carbons (Fsp3) is 0.462. The van der Waals surface area contributed by atoms with E-state index in [4.69, 9.17) is 4.74 Å². The number of halogens is 2. The first kappa shape index (κ1) is 15.7. The van der Waals surface area contributed by atoms with Gasteiger partial charge in [0.05, 0.1) is 0 Å². The number of hydrogen-bond donors (Lipinski definition) is 2. The summed E-state index contributed by atoms with van der Waals surface area (Å²) in [6.45, 7) is 1.63. The van der Waals surface area contributed by atoms with Gasteiger partial charge in [0.15, 0.2) is 18.2 Å². The van der Waals surface area contributed by atoms with Gasteiger partial charge in [-0.05, 0) is 31.5 Å². The molecule has 19 heavy (non-hydrogen) atoms. The van der Waals surface area contributed by atoms with Crippen molar-refractivity contribution in [3.8, 4) is 5.75 Å². The first-order chi connectivity index (χ1) is 8.75. The summed E-state index contributed by atoms with van der Waals surface area (Å²) in [5, 5.41) is 6.07. The van der Waals surface area contributed by atoms with Gasteiger partial charge in [-0.15, -0.1) is 12.4 Å².